The van der Waals surface area contributed by atoms with Crippen molar-refractivity contribution in [2.45, 2.75) is 66.0 Å². The number of amides is 2. The molecule has 2 aromatic carbocycles. The van der Waals surface area contributed by atoms with Gasteiger partial charge in [0.15, 0.2) is 0 Å². The highest BCUT2D eigenvalue weighted by atomic mass is 35.5. The maximum atomic E-state index is 13.3. The number of carbonyl (C=O) groups is 2. The normalized spacial score (nSPS) is 11.9. The quantitative estimate of drug-likeness (QED) is 0.505. The number of benzene rings is 2. The molecule has 1 unspecified atom stereocenters. The molecule has 4 nitrogen and oxygen atoms in total. The van der Waals surface area contributed by atoms with Crippen molar-refractivity contribution in [2.75, 3.05) is 6.54 Å². The van der Waals surface area contributed by atoms with E-state index in [0.29, 0.717) is 43.3 Å². The molecular formula is C26H35ClN2O2. The van der Waals surface area contributed by atoms with E-state index in [4.69, 9.17) is 11.6 Å². The average molecular weight is 443 g/mol. The zero-order valence-corrected chi connectivity index (χ0v) is 19.9. The minimum atomic E-state index is -0.523. The first-order valence-electron chi connectivity index (χ1n) is 11.2. The second-order valence-electron chi connectivity index (χ2n) is 8.35. The van der Waals surface area contributed by atoms with Gasteiger partial charge in [0.25, 0.3) is 0 Å². The summed E-state index contributed by atoms with van der Waals surface area (Å²) in [6.07, 6.45) is 2.54. The van der Waals surface area contributed by atoms with E-state index in [1.807, 2.05) is 31.2 Å². The van der Waals surface area contributed by atoms with Crippen LogP contribution in [0.4, 0.5) is 0 Å². The van der Waals surface area contributed by atoms with Crippen LogP contribution < -0.4 is 5.32 Å². The minimum Gasteiger partial charge on any atom is -0.354 e. The topological polar surface area (TPSA) is 49.4 Å². The highest BCUT2D eigenvalue weighted by Gasteiger charge is 2.28. The molecule has 0 saturated carbocycles. The molecular weight excluding hydrogens is 408 g/mol. The Morgan fingerprint density at radius 2 is 1.65 bits per heavy atom. The Morgan fingerprint density at radius 1 is 1.00 bits per heavy atom. The first-order valence-corrected chi connectivity index (χ1v) is 11.6. The standard InChI is InChI=1S/C26H35ClN2O2/c1-5-20-11-13-21(14-12-20)15-16-25(30)29(18-22-9-7-8-10-23(22)27)24(6-2)26(31)28-17-19(3)4/h7-14,19,24H,5-6,15-18H2,1-4H3,(H,28,31). The van der Waals surface area contributed by atoms with Crippen molar-refractivity contribution in [2.24, 2.45) is 5.92 Å². The maximum absolute atomic E-state index is 13.3. The first-order chi connectivity index (χ1) is 14.8. The summed E-state index contributed by atoms with van der Waals surface area (Å²) in [5.74, 6) is 0.204. The Hall–Kier alpha value is -2.33. The molecule has 2 rings (SSSR count). The van der Waals surface area contributed by atoms with Gasteiger partial charge in [-0.3, -0.25) is 9.59 Å². The smallest absolute Gasteiger partial charge is 0.242 e. The van der Waals surface area contributed by atoms with Crippen LogP contribution in [-0.4, -0.2) is 29.3 Å². The van der Waals surface area contributed by atoms with Crippen molar-refractivity contribution in [3.05, 3.63) is 70.2 Å². The molecule has 168 valence electrons. The van der Waals surface area contributed by atoms with Gasteiger partial charge in [0.1, 0.15) is 6.04 Å². The molecule has 5 heteroatoms. The van der Waals surface area contributed by atoms with E-state index in [1.54, 1.807) is 4.90 Å². The molecule has 0 aliphatic carbocycles. The molecule has 0 fully saturated rings. The lowest BCUT2D eigenvalue weighted by molar-refractivity contribution is -0.141. The lowest BCUT2D eigenvalue weighted by Crippen LogP contribution is -2.49. The predicted molar refractivity (Wildman–Crippen MR) is 128 cm³/mol. The molecule has 0 radical (unpaired) electrons. The summed E-state index contributed by atoms with van der Waals surface area (Å²) in [4.78, 5) is 27.9. The van der Waals surface area contributed by atoms with Gasteiger partial charge in [-0.25, -0.2) is 0 Å². The maximum Gasteiger partial charge on any atom is 0.242 e. The Bertz CT molecular complexity index is 849. The third-order valence-electron chi connectivity index (χ3n) is 5.43. The molecule has 1 N–H and O–H groups in total. The van der Waals surface area contributed by atoms with Crippen molar-refractivity contribution in [3.8, 4) is 0 Å². The number of aryl methyl sites for hydroxylation is 2. The number of halogens is 1. The van der Waals surface area contributed by atoms with E-state index in [-0.39, 0.29) is 11.8 Å². The summed E-state index contributed by atoms with van der Waals surface area (Å²) in [5.41, 5.74) is 3.25. The third kappa shape index (κ3) is 7.70. The van der Waals surface area contributed by atoms with E-state index in [1.165, 1.54) is 5.56 Å². The summed E-state index contributed by atoms with van der Waals surface area (Å²) in [6.45, 7) is 9.08. The summed E-state index contributed by atoms with van der Waals surface area (Å²) in [7, 11) is 0. The Balaban J connectivity index is 2.18. The number of hydrogen-bond acceptors (Lipinski definition) is 2. The number of nitrogens with zero attached hydrogens (tertiary/aromatic N) is 1. The van der Waals surface area contributed by atoms with Crippen LogP contribution in [0.2, 0.25) is 5.02 Å². The van der Waals surface area contributed by atoms with Crippen molar-refractivity contribution in [1.29, 1.82) is 0 Å². The lowest BCUT2D eigenvalue weighted by atomic mass is 10.0. The van der Waals surface area contributed by atoms with E-state index in [9.17, 15) is 9.59 Å². The molecule has 1 atom stereocenters. The third-order valence-corrected chi connectivity index (χ3v) is 5.80. The van der Waals surface area contributed by atoms with Crippen LogP contribution in [0, 0.1) is 5.92 Å². The van der Waals surface area contributed by atoms with Crippen molar-refractivity contribution < 1.29 is 9.59 Å². The Kier molecular flexibility index (Phi) is 10.1. The van der Waals surface area contributed by atoms with Crippen LogP contribution in [0.15, 0.2) is 48.5 Å². The van der Waals surface area contributed by atoms with Gasteiger partial charge in [-0.1, -0.05) is 81.8 Å². The summed E-state index contributed by atoms with van der Waals surface area (Å²) in [6, 6.07) is 15.3. The van der Waals surface area contributed by atoms with E-state index in [2.05, 4.69) is 50.4 Å². The number of carbonyl (C=O) groups excluding carboxylic acids is 2. The van der Waals surface area contributed by atoms with Crippen LogP contribution in [0.3, 0.4) is 0 Å². The molecule has 0 saturated heterocycles. The zero-order chi connectivity index (χ0) is 22.8. The molecule has 0 heterocycles. The van der Waals surface area contributed by atoms with Crippen LogP contribution >= 0.6 is 11.6 Å². The lowest BCUT2D eigenvalue weighted by Gasteiger charge is -2.31. The van der Waals surface area contributed by atoms with Gasteiger partial charge >= 0.3 is 0 Å². The molecule has 2 aromatic rings. The van der Waals surface area contributed by atoms with Crippen molar-refractivity contribution >= 4 is 23.4 Å². The molecule has 0 aliphatic rings. The van der Waals surface area contributed by atoms with Gasteiger partial charge in [0, 0.05) is 24.5 Å². The number of rotatable bonds is 11. The van der Waals surface area contributed by atoms with Crippen molar-refractivity contribution in [1.82, 2.24) is 10.2 Å². The average Bonchev–Trinajstić information content (AvgIpc) is 2.77. The van der Waals surface area contributed by atoms with E-state index in [0.717, 1.165) is 17.5 Å². The molecule has 0 bridgehead atoms. The summed E-state index contributed by atoms with van der Waals surface area (Å²) in [5, 5.41) is 3.59. The van der Waals surface area contributed by atoms with Crippen LogP contribution in [0.1, 0.15) is 57.2 Å². The van der Waals surface area contributed by atoms with Crippen LogP contribution in [0.25, 0.3) is 0 Å². The molecule has 0 aliphatic heterocycles. The second-order valence-corrected chi connectivity index (χ2v) is 8.75. The second kappa shape index (κ2) is 12.5. The highest BCUT2D eigenvalue weighted by Crippen LogP contribution is 2.21. The molecule has 2 amide bonds. The number of nitrogens with one attached hydrogen (secondary N) is 1. The van der Waals surface area contributed by atoms with E-state index >= 15 is 0 Å². The predicted octanol–water partition coefficient (Wildman–Crippen LogP) is 5.41. The van der Waals surface area contributed by atoms with Gasteiger partial charge in [-0.15, -0.1) is 0 Å². The first kappa shape index (κ1) is 24.9. The van der Waals surface area contributed by atoms with Crippen LogP contribution in [-0.2, 0) is 29.0 Å². The van der Waals surface area contributed by atoms with E-state index < -0.39 is 6.04 Å². The van der Waals surface area contributed by atoms with Crippen LogP contribution in [0.5, 0.6) is 0 Å². The number of hydrogen-bond donors (Lipinski definition) is 1. The Labute approximate surface area is 192 Å². The summed E-state index contributed by atoms with van der Waals surface area (Å²) < 4.78 is 0. The fourth-order valence-corrected chi connectivity index (χ4v) is 3.68. The monoisotopic (exact) mass is 442 g/mol. The van der Waals surface area contributed by atoms with Gasteiger partial charge in [-0.2, -0.15) is 0 Å². The van der Waals surface area contributed by atoms with Gasteiger partial charge < -0.3 is 10.2 Å². The van der Waals surface area contributed by atoms with Gasteiger partial charge in [-0.05, 0) is 47.9 Å². The molecule has 0 aromatic heterocycles. The largest absolute Gasteiger partial charge is 0.354 e. The molecule has 0 spiro atoms. The SMILES string of the molecule is CCc1ccc(CCC(=O)N(Cc2ccccc2Cl)C(CC)C(=O)NCC(C)C)cc1. The highest BCUT2D eigenvalue weighted by molar-refractivity contribution is 6.31. The zero-order valence-electron chi connectivity index (χ0n) is 19.2. The Morgan fingerprint density at radius 3 is 2.23 bits per heavy atom. The van der Waals surface area contributed by atoms with Gasteiger partial charge in [0.2, 0.25) is 11.8 Å². The summed E-state index contributed by atoms with van der Waals surface area (Å²) >= 11 is 6.37. The van der Waals surface area contributed by atoms with Crippen molar-refractivity contribution in [3.63, 3.8) is 0 Å². The molecule has 31 heavy (non-hydrogen) atoms. The minimum absolute atomic E-state index is 0.0361. The fraction of sp³-hybridized carbons (Fsp3) is 0.462. The fourth-order valence-electron chi connectivity index (χ4n) is 3.49. The van der Waals surface area contributed by atoms with Gasteiger partial charge in [0.05, 0.1) is 0 Å².